The Morgan fingerprint density at radius 2 is 1.35 bits per heavy atom. The topological polar surface area (TPSA) is 77.4 Å². The third-order valence-electron chi connectivity index (χ3n) is 5.33. The maximum atomic E-state index is 9.78. The first-order valence-electron chi connectivity index (χ1n) is 8.59. The van der Waals surface area contributed by atoms with Gasteiger partial charge in [0.05, 0.1) is 39.6 Å². The molecule has 0 spiro atoms. The first kappa shape index (κ1) is 17.0. The molecule has 2 fully saturated rings. The Bertz CT molecular complexity index is 805. The summed E-state index contributed by atoms with van der Waals surface area (Å²) in [4.78, 5) is 0. The average Bonchev–Trinajstić information content (AvgIpc) is 3.25. The molecule has 0 saturated carbocycles. The van der Waals surface area contributed by atoms with Gasteiger partial charge in [0.2, 0.25) is 0 Å². The molecule has 0 bridgehead atoms. The molecule has 0 unspecified atom stereocenters. The Morgan fingerprint density at radius 3 is 1.92 bits per heavy atom. The molecular weight excluding hydrogens is 336 g/mol. The third-order valence-corrected chi connectivity index (χ3v) is 5.33. The number of methoxy groups -OCH3 is 2. The van der Waals surface area contributed by atoms with E-state index in [4.69, 9.17) is 18.9 Å². The molecule has 4 rings (SSSR count). The van der Waals surface area contributed by atoms with Crippen LogP contribution in [0.15, 0.2) is 36.4 Å². The van der Waals surface area contributed by atoms with Crippen molar-refractivity contribution in [1.82, 2.24) is 0 Å². The normalized spacial score (nSPS) is 27.3. The first-order chi connectivity index (χ1) is 12.6. The Balaban J connectivity index is 1.57. The highest BCUT2D eigenvalue weighted by Gasteiger charge is 2.48. The Morgan fingerprint density at radius 1 is 0.769 bits per heavy atom. The lowest BCUT2D eigenvalue weighted by atomic mass is 9.85. The fraction of sp³-hybridized carbons (Fsp3) is 0.400. The smallest absolute Gasteiger partial charge is 0.161 e. The van der Waals surface area contributed by atoms with Gasteiger partial charge < -0.3 is 29.2 Å². The zero-order valence-corrected chi connectivity index (χ0v) is 14.7. The molecule has 2 saturated heterocycles. The van der Waals surface area contributed by atoms with E-state index < -0.39 is 0 Å². The summed E-state index contributed by atoms with van der Waals surface area (Å²) < 4.78 is 22.8. The van der Waals surface area contributed by atoms with Crippen molar-refractivity contribution in [2.75, 3.05) is 27.4 Å². The van der Waals surface area contributed by atoms with Crippen LogP contribution in [0, 0.1) is 11.8 Å². The fourth-order valence-corrected chi connectivity index (χ4v) is 3.98. The highest BCUT2D eigenvalue weighted by atomic mass is 16.5. The molecular formula is C20H22O6. The molecule has 0 amide bonds. The van der Waals surface area contributed by atoms with Gasteiger partial charge in [0.1, 0.15) is 0 Å². The zero-order valence-electron chi connectivity index (χ0n) is 14.7. The number of hydrogen-bond acceptors (Lipinski definition) is 6. The van der Waals surface area contributed by atoms with Gasteiger partial charge in [-0.2, -0.15) is 0 Å². The molecule has 4 atom stereocenters. The third kappa shape index (κ3) is 2.75. The summed E-state index contributed by atoms with van der Waals surface area (Å²) in [6.07, 6.45) is -0.229. The maximum Gasteiger partial charge on any atom is 0.161 e. The van der Waals surface area contributed by atoms with Crippen LogP contribution in [0.5, 0.6) is 23.0 Å². The fourth-order valence-electron chi connectivity index (χ4n) is 3.98. The molecule has 2 heterocycles. The van der Waals surface area contributed by atoms with Crippen LogP contribution in [0.1, 0.15) is 23.3 Å². The monoisotopic (exact) mass is 358 g/mol. The van der Waals surface area contributed by atoms with Crippen LogP contribution in [0.25, 0.3) is 0 Å². The summed E-state index contributed by atoms with van der Waals surface area (Å²) in [7, 11) is 3.23. The minimum Gasteiger partial charge on any atom is -0.504 e. The second kappa shape index (κ2) is 6.70. The van der Waals surface area contributed by atoms with Gasteiger partial charge in [-0.15, -0.1) is 0 Å². The maximum absolute atomic E-state index is 9.78. The summed E-state index contributed by atoms with van der Waals surface area (Å²) in [6, 6.07) is 10.7. The van der Waals surface area contributed by atoms with Crippen LogP contribution in [-0.4, -0.2) is 37.6 Å². The van der Waals surface area contributed by atoms with Crippen LogP contribution in [0.4, 0.5) is 0 Å². The molecule has 0 aromatic heterocycles. The van der Waals surface area contributed by atoms with E-state index in [0.717, 1.165) is 11.1 Å². The van der Waals surface area contributed by atoms with Crippen LogP contribution in [0.2, 0.25) is 0 Å². The van der Waals surface area contributed by atoms with Crippen molar-refractivity contribution in [1.29, 1.82) is 0 Å². The predicted molar refractivity (Wildman–Crippen MR) is 93.7 cm³/mol. The van der Waals surface area contributed by atoms with E-state index >= 15 is 0 Å². The molecule has 0 aliphatic carbocycles. The summed E-state index contributed by atoms with van der Waals surface area (Å²) in [5, 5.41) is 19.3. The molecule has 0 radical (unpaired) electrons. The van der Waals surface area contributed by atoms with Gasteiger partial charge >= 0.3 is 0 Å². The Labute approximate surface area is 151 Å². The SMILES string of the molecule is COc1ccc([C@H]2OC[C@@H]3[C@H]2CO[C@H]3c2ccc(O)c(O)c2)cc1OC. The number of hydrogen-bond donors (Lipinski definition) is 2. The quantitative estimate of drug-likeness (QED) is 0.818. The molecule has 2 aliphatic heterocycles. The van der Waals surface area contributed by atoms with Crippen LogP contribution >= 0.6 is 0 Å². The van der Waals surface area contributed by atoms with E-state index in [1.165, 1.54) is 6.07 Å². The second-order valence-corrected chi connectivity index (χ2v) is 6.70. The highest BCUT2D eigenvalue weighted by Crippen LogP contribution is 2.51. The molecule has 6 nitrogen and oxygen atoms in total. The molecule has 2 aliphatic rings. The number of rotatable bonds is 4. The molecule has 2 aromatic rings. The Hall–Kier alpha value is -2.44. The van der Waals surface area contributed by atoms with E-state index in [-0.39, 0.29) is 35.5 Å². The highest BCUT2D eigenvalue weighted by molar-refractivity contribution is 5.44. The largest absolute Gasteiger partial charge is 0.504 e. The lowest BCUT2D eigenvalue weighted by Crippen LogP contribution is -2.14. The summed E-state index contributed by atoms with van der Waals surface area (Å²) >= 11 is 0. The summed E-state index contributed by atoms with van der Waals surface area (Å²) in [5.41, 5.74) is 1.89. The van der Waals surface area contributed by atoms with Gasteiger partial charge in [0.25, 0.3) is 0 Å². The number of aromatic hydroxyl groups is 2. The van der Waals surface area contributed by atoms with Gasteiger partial charge in [-0.1, -0.05) is 12.1 Å². The molecule has 138 valence electrons. The molecule has 6 heteroatoms. The van der Waals surface area contributed by atoms with Gasteiger partial charge in [-0.25, -0.2) is 0 Å². The molecule has 26 heavy (non-hydrogen) atoms. The minimum absolute atomic E-state index is 0.0736. The van der Waals surface area contributed by atoms with Crippen molar-refractivity contribution in [2.45, 2.75) is 12.2 Å². The van der Waals surface area contributed by atoms with Gasteiger partial charge in [-0.05, 0) is 35.4 Å². The van der Waals surface area contributed by atoms with Gasteiger partial charge in [0, 0.05) is 11.8 Å². The average molecular weight is 358 g/mol. The number of benzene rings is 2. The first-order valence-corrected chi connectivity index (χ1v) is 8.59. The van der Waals surface area contributed by atoms with Crippen molar-refractivity contribution in [3.05, 3.63) is 47.5 Å². The van der Waals surface area contributed by atoms with Crippen molar-refractivity contribution < 1.29 is 29.2 Å². The predicted octanol–water partition coefficient (Wildman–Crippen LogP) is 3.19. The van der Waals surface area contributed by atoms with Crippen molar-refractivity contribution in [3.8, 4) is 23.0 Å². The van der Waals surface area contributed by atoms with Crippen molar-refractivity contribution in [3.63, 3.8) is 0 Å². The number of phenolic OH excluding ortho intramolecular Hbond substituents is 2. The van der Waals surface area contributed by atoms with Crippen LogP contribution in [0.3, 0.4) is 0 Å². The lowest BCUT2D eigenvalue weighted by molar-refractivity contribution is 0.0191. The van der Waals surface area contributed by atoms with Crippen LogP contribution in [-0.2, 0) is 9.47 Å². The second-order valence-electron chi connectivity index (χ2n) is 6.70. The van der Waals surface area contributed by atoms with E-state index in [0.29, 0.717) is 24.7 Å². The lowest BCUT2D eigenvalue weighted by Gasteiger charge is -2.18. The van der Waals surface area contributed by atoms with E-state index in [1.807, 2.05) is 18.2 Å². The minimum atomic E-state index is -0.156. The van der Waals surface area contributed by atoms with Gasteiger partial charge in [0.15, 0.2) is 23.0 Å². The molecule has 2 aromatic carbocycles. The number of phenols is 2. The van der Waals surface area contributed by atoms with E-state index in [1.54, 1.807) is 26.4 Å². The van der Waals surface area contributed by atoms with Crippen molar-refractivity contribution in [2.24, 2.45) is 11.8 Å². The van der Waals surface area contributed by atoms with Crippen LogP contribution < -0.4 is 9.47 Å². The molecule has 2 N–H and O–H groups in total. The number of ether oxygens (including phenoxy) is 4. The zero-order chi connectivity index (χ0) is 18.3. The standard InChI is InChI=1S/C20H22O6/c1-23-17-6-4-12(8-18(17)24-2)20-14-10-25-19(13(14)9-26-20)11-3-5-15(21)16(22)7-11/h3-8,13-14,19-22H,9-10H2,1-2H3/t13-,14-,19+,20-/m1/s1. The van der Waals surface area contributed by atoms with Gasteiger partial charge in [-0.3, -0.25) is 0 Å². The number of fused-ring (bicyclic) bond motifs is 1. The summed E-state index contributed by atoms with van der Waals surface area (Å²) in [5.74, 6) is 1.51. The van der Waals surface area contributed by atoms with E-state index in [9.17, 15) is 10.2 Å². The van der Waals surface area contributed by atoms with E-state index in [2.05, 4.69) is 0 Å². The Kier molecular flexibility index (Phi) is 4.38. The van der Waals surface area contributed by atoms with Crippen molar-refractivity contribution >= 4 is 0 Å². The summed E-state index contributed by atoms with van der Waals surface area (Å²) in [6.45, 7) is 1.16.